The van der Waals surface area contributed by atoms with E-state index in [1.807, 2.05) is 18.2 Å². The highest BCUT2D eigenvalue weighted by molar-refractivity contribution is 7.99. The van der Waals surface area contributed by atoms with Crippen LogP contribution in [0.15, 0.2) is 53.7 Å². The van der Waals surface area contributed by atoms with Gasteiger partial charge in [-0.05, 0) is 18.2 Å². The van der Waals surface area contributed by atoms with Crippen LogP contribution in [0, 0.1) is 0 Å². The Morgan fingerprint density at radius 2 is 2.00 bits per heavy atom. The third-order valence-corrected chi connectivity index (χ3v) is 3.53. The molecule has 0 amide bonds. The summed E-state index contributed by atoms with van der Waals surface area (Å²) >= 11 is 1.36. The number of nitrogens with zero attached hydrogens (tertiary/aromatic N) is 3. The zero-order chi connectivity index (χ0) is 15.8. The summed E-state index contributed by atoms with van der Waals surface area (Å²) in [6, 6.07) is 7.44. The van der Waals surface area contributed by atoms with Gasteiger partial charge in [-0.3, -0.25) is 4.98 Å². The lowest BCUT2D eigenvalue weighted by atomic mass is 10.3. The number of esters is 1. The molecule has 0 fully saturated rings. The molecule has 22 heavy (non-hydrogen) atoms. The van der Waals surface area contributed by atoms with Gasteiger partial charge in [0, 0.05) is 12.4 Å². The Morgan fingerprint density at radius 1 is 1.14 bits per heavy atom. The number of carbonyl (C=O) groups is 1. The molecule has 6 nitrogen and oxygen atoms in total. The van der Waals surface area contributed by atoms with Crippen LogP contribution in [0.3, 0.4) is 0 Å². The molecule has 0 aromatic carbocycles. The molecule has 114 valence electrons. The summed E-state index contributed by atoms with van der Waals surface area (Å²) in [4.78, 5) is 24.1. The van der Waals surface area contributed by atoms with Crippen molar-refractivity contribution in [3.8, 4) is 11.4 Å². The first-order valence-electron chi connectivity index (χ1n) is 6.42. The quantitative estimate of drug-likeness (QED) is 0.266. The number of methoxy groups -OCH3 is 2. The van der Waals surface area contributed by atoms with E-state index in [2.05, 4.69) is 19.7 Å². The maximum atomic E-state index is 11.2. The molecule has 0 aliphatic carbocycles. The summed E-state index contributed by atoms with van der Waals surface area (Å²) < 4.78 is 9.70. The van der Waals surface area contributed by atoms with E-state index in [0.29, 0.717) is 16.7 Å². The normalized spacial score (nSPS) is 11.1. The van der Waals surface area contributed by atoms with Gasteiger partial charge in [0.25, 0.3) is 0 Å². The van der Waals surface area contributed by atoms with E-state index in [-0.39, 0.29) is 0 Å². The first-order valence-corrected chi connectivity index (χ1v) is 7.41. The van der Waals surface area contributed by atoms with Gasteiger partial charge < -0.3 is 9.47 Å². The zero-order valence-electron chi connectivity index (χ0n) is 12.2. The lowest BCUT2D eigenvalue weighted by molar-refractivity contribution is -0.135. The highest BCUT2D eigenvalue weighted by atomic mass is 32.2. The Morgan fingerprint density at radius 3 is 2.68 bits per heavy atom. The van der Waals surface area contributed by atoms with E-state index in [4.69, 9.17) is 4.74 Å². The molecule has 2 rings (SSSR count). The molecule has 0 saturated heterocycles. The van der Waals surface area contributed by atoms with E-state index in [1.165, 1.54) is 32.1 Å². The Hall–Kier alpha value is -2.41. The number of aromatic nitrogens is 3. The number of carbonyl (C=O) groups excluding carboxylic acids is 1. The molecule has 2 aromatic heterocycles. The number of rotatable bonds is 6. The lowest BCUT2D eigenvalue weighted by Gasteiger charge is -2.06. The van der Waals surface area contributed by atoms with Crippen molar-refractivity contribution in [2.75, 3.05) is 20.0 Å². The number of pyridine rings is 1. The average molecular weight is 317 g/mol. The third kappa shape index (κ3) is 4.56. The fourth-order valence-electron chi connectivity index (χ4n) is 1.55. The molecule has 0 bridgehead atoms. The van der Waals surface area contributed by atoms with Gasteiger partial charge in [-0.25, -0.2) is 14.8 Å². The Labute approximate surface area is 132 Å². The molecule has 0 N–H and O–H groups in total. The second-order valence-corrected chi connectivity index (χ2v) is 5.01. The molecule has 0 aliphatic heterocycles. The predicted octanol–water partition coefficient (Wildman–Crippen LogP) is 2.33. The van der Waals surface area contributed by atoms with Gasteiger partial charge in [0.05, 0.1) is 37.4 Å². The average Bonchev–Trinajstić information content (AvgIpc) is 2.59. The van der Waals surface area contributed by atoms with Crippen LogP contribution in [-0.2, 0) is 14.3 Å². The Balaban J connectivity index is 2.08. The summed E-state index contributed by atoms with van der Waals surface area (Å²) in [6.45, 7) is 0. The first kappa shape index (κ1) is 16.0. The van der Waals surface area contributed by atoms with Crippen molar-refractivity contribution < 1.29 is 14.3 Å². The van der Waals surface area contributed by atoms with E-state index >= 15 is 0 Å². The van der Waals surface area contributed by atoms with E-state index < -0.39 is 5.97 Å². The lowest BCUT2D eigenvalue weighted by Crippen LogP contribution is -2.01. The van der Waals surface area contributed by atoms with Gasteiger partial charge in [-0.1, -0.05) is 17.8 Å². The van der Waals surface area contributed by atoms with Gasteiger partial charge in [0.1, 0.15) is 5.76 Å². The van der Waals surface area contributed by atoms with Crippen LogP contribution in [-0.4, -0.2) is 40.9 Å². The van der Waals surface area contributed by atoms with Gasteiger partial charge in [-0.15, -0.1) is 0 Å². The molecule has 0 radical (unpaired) electrons. The minimum atomic E-state index is -0.458. The molecule has 0 aliphatic rings. The molecule has 2 aromatic rings. The van der Waals surface area contributed by atoms with Crippen molar-refractivity contribution in [3.05, 3.63) is 48.5 Å². The van der Waals surface area contributed by atoms with Crippen LogP contribution in [0.1, 0.15) is 0 Å². The van der Waals surface area contributed by atoms with Gasteiger partial charge in [-0.2, -0.15) is 0 Å². The predicted molar refractivity (Wildman–Crippen MR) is 83.1 cm³/mol. The molecule has 0 unspecified atom stereocenters. The summed E-state index contributed by atoms with van der Waals surface area (Å²) in [7, 11) is 2.82. The Bertz CT molecular complexity index is 662. The molecular formula is C15H15N3O3S. The van der Waals surface area contributed by atoms with Crippen LogP contribution < -0.4 is 0 Å². The largest absolute Gasteiger partial charge is 0.500 e. The molecule has 7 heteroatoms. The molecule has 2 heterocycles. The maximum Gasteiger partial charge on any atom is 0.333 e. The van der Waals surface area contributed by atoms with E-state index in [1.54, 1.807) is 18.5 Å². The van der Waals surface area contributed by atoms with Crippen molar-refractivity contribution in [3.63, 3.8) is 0 Å². The summed E-state index contributed by atoms with van der Waals surface area (Å²) in [5.41, 5.74) is 1.53. The second kappa shape index (κ2) is 8.14. The minimum Gasteiger partial charge on any atom is -0.500 e. The first-order chi connectivity index (χ1) is 10.7. The van der Waals surface area contributed by atoms with Crippen molar-refractivity contribution in [1.82, 2.24) is 15.0 Å². The number of ether oxygens (including phenoxy) is 2. The third-order valence-electron chi connectivity index (χ3n) is 2.65. The maximum absolute atomic E-state index is 11.2. The van der Waals surface area contributed by atoms with E-state index in [0.717, 1.165) is 11.4 Å². The van der Waals surface area contributed by atoms with Crippen molar-refractivity contribution in [1.29, 1.82) is 0 Å². The van der Waals surface area contributed by atoms with Crippen LogP contribution >= 0.6 is 11.8 Å². The molecular weight excluding hydrogens is 302 g/mol. The fourth-order valence-corrected chi connectivity index (χ4v) is 2.32. The fraction of sp³-hybridized carbons (Fsp3) is 0.200. The number of thioether (sulfide) groups is 1. The highest BCUT2D eigenvalue weighted by Gasteiger charge is 2.07. The smallest absolute Gasteiger partial charge is 0.333 e. The van der Waals surface area contributed by atoms with Crippen molar-refractivity contribution >= 4 is 17.7 Å². The monoisotopic (exact) mass is 317 g/mol. The van der Waals surface area contributed by atoms with Crippen molar-refractivity contribution in [2.45, 2.75) is 5.16 Å². The number of hydrogen-bond acceptors (Lipinski definition) is 7. The summed E-state index contributed by atoms with van der Waals surface area (Å²) in [5.74, 6) is 0.460. The molecule has 0 spiro atoms. The van der Waals surface area contributed by atoms with Gasteiger partial charge >= 0.3 is 5.97 Å². The number of hydrogen-bond donors (Lipinski definition) is 0. The van der Waals surface area contributed by atoms with Crippen LogP contribution in [0.2, 0.25) is 0 Å². The van der Waals surface area contributed by atoms with Crippen molar-refractivity contribution in [2.24, 2.45) is 0 Å². The van der Waals surface area contributed by atoms with Crippen LogP contribution in [0.5, 0.6) is 0 Å². The second-order valence-electron chi connectivity index (χ2n) is 4.07. The van der Waals surface area contributed by atoms with Gasteiger partial charge in [0.2, 0.25) is 0 Å². The molecule has 0 atom stereocenters. The van der Waals surface area contributed by atoms with Crippen LogP contribution in [0.25, 0.3) is 11.4 Å². The SMILES string of the molecule is COC(=O)/C=C(/CSc1nccc(-c2ccccn2)n1)OC. The minimum absolute atomic E-state index is 0.428. The van der Waals surface area contributed by atoms with E-state index in [9.17, 15) is 4.79 Å². The topological polar surface area (TPSA) is 74.2 Å². The molecule has 0 saturated carbocycles. The summed E-state index contributed by atoms with van der Waals surface area (Å²) in [6.07, 6.45) is 4.69. The van der Waals surface area contributed by atoms with Gasteiger partial charge in [0.15, 0.2) is 5.16 Å². The summed E-state index contributed by atoms with van der Waals surface area (Å²) in [5, 5.41) is 0.580. The van der Waals surface area contributed by atoms with Crippen LogP contribution in [0.4, 0.5) is 0 Å². The Kier molecular flexibility index (Phi) is 5.91. The zero-order valence-corrected chi connectivity index (χ0v) is 13.0. The standard InChI is InChI=1S/C15H15N3O3S/c1-20-11(9-14(19)21-2)10-22-15-17-8-6-13(18-15)12-5-3-4-7-16-12/h3-9H,10H2,1-2H3/b11-9-. The highest BCUT2D eigenvalue weighted by Crippen LogP contribution is 2.20.